The number of piperazine rings is 1. The molecular weight excluding hydrogens is 346 g/mol. The maximum atomic E-state index is 12.8. The van der Waals surface area contributed by atoms with Gasteiger partial charge in [0.05, 0.1) is 22.9 Å². The van der Waals surface area contributed by atoms with Crippen LogP contribution in [-0.2, 0) is 0 Å². The molecule has 1 fully saturated rings. The molecule has 2 aromatic heterocycles. The molecule has 0 saturated carbocycles. The number of imidazole rings is 1. The van der Waals surface area contributed by atoms with E-state index >= 15 is 0 Å². The minimum Gasteiger partial charge on any atom is -0.408 e. The normalized spacial score (nSPS) is 15.0. The largest absolute Gasteiger partial charge is 0.417 e. The van der Waals surface area contributed by atoms with Crippen LogP contribution >= 0.6 is 0 Å². The van der Waals surface area contributed by atoms with Gasteiger partial charge in [-0.3, -0.25) is 9.78 Å². The Bertz CT molecular complexity index is 1200. The first kappa shape index (κ1) is 15.7. The summed E-state index contributed by atoms with van der Waals surface area (Å²) in [7, 11) is 0. The van der Waals surface area contributed by atoms with E-state index in [1.807, 2.05) is 35.2 Å². The molecule has 8 heteroatoms. The Morgan fingerprint density at radius 1 is 1.04 bits per heavy atom. The quantitative estimate of drug-likeness (QED) is 0.567. The van der Waals surface area contributed by atoms with Crippen LogP contribution in [0.1, 0.15) is 10.4 Å². The van der Waals surface area contributed by atoms with Crippen molar-refractivity contribution in [2.75, 3.05) is 31.1 Å². The van der Waals surface area contributed by atoms with Crippen molar-refractivity contribution in [1.29, 1.82) is 0 Å². The first-order valence-electron chi connectivity index (χ1n) is 8.78. The Morgan fingerprint density at radius 2 is 1.89 bits per heavy atom. The van der Waals surface area contributed by atoms with Crippen LogP contribution in [0, 0.1) is 0 Å². The lowest BCUT2D eigenvalue weighted by atomic mass is 10.1. The second-order valence-corrected chi connectivity index (χ2v) is 6.61. The second-order valence-electron chi connectivity index (χ2n) is 6.61. The number of hydrogen-bond acceptors (Lipinski definition) is 5. The summed E-state index contributed by atoms with van der Waals surface area (Å²) in [5, 5.41) is 0. The van der Waals surface area contributed by atoms with E-state index in [9.17, 15) is 9.59 Å². The number of carbonyl (C=O) groups is 1. The van der Waals surface area contributed by atoms with Crippen molar-refractivity contribution < 1.29 is 9.21 Å². The molecule has 27 heavy (non-hydrogen) atoms. The molecule has 0 unspecified atom stereocenters. The van der Waals surface area contributed by atoms with Crippen LogP contribution in [0.25, 0.3) is 22.1 Å². The number of carbonyl (C=O) groups excluding carboxylic acids is 1. The summed E-state index contributed by atoms with van der Waals surface area (Å²) in [6.45, 7) is 2.73. The fourth-order valence-electron chi connectivity index (χ4n) is 3.56. The van der Waals surface area contributed by atoms with Gasteiger partial charge < -0.3 is 19.2 Å². The maximum Gasteiger partial charge on any atom is 0.417 e. The van der Waals surface area contributed by atoms with E-state index in [-0.39, 0.29) is 5.91 Å². The van der Waals surface area contributed by atoms with E-state index in [4.69, 9.17) is 4.42 Å². The van der Waals surface area contributed by atoms with Gasteiger partial charge in [0.1, 0.15) is 0 Å². The highest BCUT2D eigenvalue weighted by molar-refractivity contribution is 5.97. The number of hydrogen-bond donors (Lipinski definition) is 2. The number of nitrogens with one attached hydrogen (secondary N) is 2. The molecule has 8 nitrogen and oxygen atoms in total. The Morgan fingerprint density at radius 3 is 2.74 bits per heavy atom. The average Bonchev–Trinajstić information content (AvgIpc) is 3.31. The summed E-state index contributed by atoms with van der Waals surface area (Å²) in [6, 6.07) is 11.2. The van der Waals surface area contributed by atoms with Crippen molar-refractivity contribution in [3.63, 3.8) is 0 Å². The molecule has 4 aromatic rings. The van der Waals surface area contributed by atoms with Gasteiger partial charge in [0.15, 0.2) is 5.58 Å². The first-order valence-corrected chi connectivity index (χ1v) is 8.78. The smallest absolute Gasteiger partial charge is 0.408 e. The summed E-state index contributed by atoms with van der Waals surface area (Å²) in [5.74, 6) is -0.424. The molecule has 2 aromatic carbocycles. The van der Waals surface area contributed by atoms with Crippen LogP contribution in [0.4, 0.5) is 5.69 Å². The van der Waals surface area contributed by atoms with E-state index in [1.54, 1.807) is 12.4 Å². The van der Waals surface area contributed by atoms with Crippen LogP contribution in [-0.4, -0.2) is 51.9 Å². The number of fused-ring (bicyclic) bond motifs is 2. The zero-order chi connectivity index (χ0) is 18.4. The van der Waals surface area contributed by atoms with Gasteiger partial charge in [-0.2, -0.15) is 0 Å². The average molecular weight is 363 g/mol. The number of benzene rings is 2. The first-order chi connectivity index (χ1) is 13.2. The molecule has 0 spiro atoms. The second kappa shape index (κ2) is 6.01. The Kier molecular flexibility index (Phi) is 3.49. The minimum absolute atomic E-state index is 0.0285. The molecule has 0 aliphatic carbocycles. The molecule has 1 saturated heterocycles. The summed E-state index contributed by atoms with van der Waals surface area (Å²) in [5.41, 5.74) is 4.62. The third kappa shape index (κ3) is 2.75. The van der Waals surface area contributed by atoms with E-state index in [1.165, 1.54) is 0 Å². The minimum atomic E-state index is -0.452. The van der Waals surface area contributed by atoms with Crippen molar-refractivity contribution in [3.8, 4) is 0 Å². The molecule has 5 rings (SSSR count). The number of rotatable bonds is 2. The van der Waals surface area contributed by atoms with Crippen LogP contribution in [0.5, 0.6) is 0 Å². The fraction of sp³-hybridized carbons (Fsp3) is 0.211. The standard InChI is InChI=1S/C19H17N5O3/c25-18(12-1-3-14-15(9-12)21-11-20-14)24-7-5-23(6-8-24)13-2-4-17-16(10-13)22-19(26)27-17/h1-4,9-11H,5-8H2,(H,20,21)(H,22,26). The van der Waals surface area contributed by atoms with Crippen LogP contribution < -0.4 is 10.7 Å². The lowest BCUT2D eigenvalue weighted by Crippen LogP contribution is -2.48. The van der Waals surface area contributed by atoms with E-state index in [0.29, 0.717) is 29.8 Å². The summed E-state index contributed by atoms with van der Waals surface area (Å²) >= 11 is 0. The highest BCUT2D eigenvalue weighted by atomic mass is 16.4. The topological polar surface area (TPSA) is 98.2 Å². The molecule has 0 atom stereocenters. The third-order valence-corrected chi connectivity index (χ3v) is 5.00. The van der Waals surface area contributed by atoms with Gasteiger partial charge in [0.2, 0.25) is 0 Å². The van der Waals surface area contributed by atoms with Crippen molar-refractivity contribution in [3.05, 3.63) is 58.8 Å². The van der Waals surface area contributed by atoms with Crippen LogP contribution in [0.15, 0.2) is 51.9 Å². The predicted molar refractivity (Wildman–Crippen MR) is 101 cm³/mol. The molecule has 0 bridgehead atoms. The SMILES string of the molecule is O=C(c1ccc2nc[nH]c2c1)N1CCN(c2ccc3oc(=O)[nH]c3c2)CC1. The molecular formula is C19H17N5O3. The van der Waals surface area contributed by atoms with Gasteiger partial charge in [-0.1, -0.05) is 0 Å². The van der Waals surface area contributed by atoms with Crippen LogP contribution in [0.3, 0.4) is 0 Å². The molecule has 1 aliphatic rings. The van der Waals surface area contributed by atoms with Gasteiger partial charge >= 0.3 is 5.76 Å². The summed E-state index contributed by atoms with van der Waals surface area (Å²) in [6.07, 6.45) is 1.63. The van der Waals surface area contributed by atoms with E-state index in [0.717, 1.165) is 29.8 Å². The molecule has 3 heterocycles. The lowest BCUT2D eigenvalue weighted by molar-refractivity contribution is 0.0747. The molecule has 1 aliphatic heterocycles. The van der Waals surface area contributed by atoms with Crippen molar-refractivity contribution in [1.82, 2.24) is 19.9 Å². The van der Waals surface area contributed by atoms with E-state index < -0.39 is 5.76 Å². The number of oxazole rings is 1. The van der Waals surface area contributed by atoms with Gasteiger partial charge in [0, 0.05) is 37.4 Å². The monoisotopic (exact) mass is 363 g/mol. The Hall–Kier alpha value is -3.55. The summed E-state index contributed by atoms with van der Waals surface area (Å²) < 4.78 is 5.04. The van der Waals surface area contributed by atoms with E-state index in [2.05, 4.69) is 19.9 Å². The number of nitrogens with zero attached hydrogens (tertiary/aromatic N) is 3. The number of aromatic amines is 2. The number of aromatic nitrogens is 3. The van der Waals surface area contributed by atoms with Gasteiger partial charge in [-0.05, 0) is 36.4 Å². The van der Waals surface area contributed by atoms with Crippen LogP contribution in [0.2, 0.25) is 0 Å². The predicted octanol–water partition coefficient (Wildman–Crippen LogP) is 1.96. The highest BCUT2D eigenvalue weighted by Crippen LogP contribution is 2.22. The number of H-pyrrole nitrogens is 2. The number of amides is 1. The van der Waals surface area contributed by atoms with Crippen molar-refractivity contribution in [2.24, 2.45) is 0 Å². The van der Waals surface area contributed by atoms with Crippen molar-refractivity contribution >= 4 is 33.7 Å². The molecule has 0 radical (unpaired) electrons. The molecule has 1 amide bonds. The van der Waals surface area contributed by atoms with Crippen molar-refractivity contribution in [2.45, 2.75) is 0 Å². The molecule has 136 valence electrons. The zero-order valence-corrected chi connectivity index (χ0v) is 14.4. The highest BCUT2D eigenvalue weighted by Gasteiger charge is 2.23. The number of anilines is 1. The Labute approximate surface area is 153 Å². The molecule has 2 N–H and O–H groups in total. The fourth-order valence-corrected chi connectivity index (χ4v) is 3.56. The lowest BCUT2D eigenvalue weighted by Gasteiger charge is -2.36. The maximum absolute atomic E-state index is 12.8. The van der Waals surface area contributed by atoms with Gasteiger partial charge in [-0.15, -0.1) is 0 Å². The Balaban J connectivity index is 1.31. The summed E-state index contributed by atoms with van der Waals surface area (Å²) in [4.78, 5) is 38.1. The van der Waals surface area contributed by atoms with Gasteiger partial charge in [-0.25, -0.2) is 9.78 Å². The third-order valence-electron chi connectivity index (χ3n) is 5.00. The van der Waals surface area contributed by atoms with Gasteiger partial charge in [0.25, 0.3) is 5.91 Å². The zero-order valence-electron chi connectivity index (χ0n) is 14.4.